The van der Waals surface area contributed by atoms with Crippen molar-refractivity contribution in [1.29, 1.82) is 0 Å². The van der Waals surface area contributed by atoms with E-state index in [0.29, 0.717) is 5.65 Å². The quantitative estimate of drug-likeness (QED) is 0.115. The molecule has 304 valence electrons. The number of nitrogens with zero attached hydrogens (tertiary/aromatic N) is 2. The summed E-state index contributed by atoms with van der Waals surface area (Å²) in [6.45, 7) is 14.7. The SMILES string of the molecule is CO[C@H]1/C=C/O[C@]2(C)Oc3c(C)c(O)c4c(O)c(c5c(nc6cc(C)ccn65)c4c3C2=O)NC(=O)/C(C)=C\C=C\[C@H](C)[C@H](O)[C@@H](C)[C@@H](O)[C@H](C)[C@H](OC(C)=O)[C@H]1C. The van der Waals surface area contributed by atoms with Gasteiger partial charge < -0.3 is 44.7 Å². The van der Waals surface area contributed by atoms with Crippen LogP contribution in [0.5, 0.6) is 17.2 Å². The van der Waals surface area contributed by atoms with Gasteiger partial charge in [-0.2, -0.15) is 0 Å². The van der Waals surface area contributed by atoms with Crippen LogP contribution in [0.25, 0.3) is 27.5 Å². The molecular weight excluding hydrogens is 734 g/mol. The van der Waals surface area contributed by atoms with Crippen LogP contribution in [0, 0.1) is 37.5 Å². The fourth-order valence-corrected chi connectivity index (χ4v) is 8.03. The Morgan fingerprint density at radius 1 is 0.982 bits per heavy atom. The van der Waals surface area contributed by atoms with Gasteiger partial charge in [-0.05, 0) is 44.5 Å². The molecule has 0 unspecified atom stereocenters. The number of amides is 1. The van der Waals surface area contributed by atoms with Gasteiger partial charge in [0.2, 0.25) is 0 Å². The number of nitrogens with one attached hydrogen (secondary N) is 1. The van der Waals surface area contributed by atoms with Crippen LogP contribution in [0.1, 0.15) is 70.0 Å². The second kappa shape index (κ2) is 15.5. The van der Waals surface area contributed by atoms with Crippen molar-refractivity contribution < 1.29 is 53.8 Å². The molecular formula is C43H51N3O11. The maximum atomic E-state index is 14.6. The van der Waals surface area contributed by atoms with Crippen LogP contribution in [0.15, 0.2) is 54.5 Å². The maximum absolute atomic E-state index is 14.6. The molecule has 4 aromatic rings. The molecule has 0 radical (unpaired) electrons. The van der Waals surface area contributed by atoms with E-state index in [4.69, 9.17) is 23.9 Å². The normalized spacial score (nSPS) is 30.8. The van der Waals surface area contributed by atoms with Gasteiger partial charge in [-0.25, -0.2) is 4.98 Å². The van der Waals surface area contributed by atoms with Gasteiger partial charge in [0.25, 0.3) is 11.7 Å². The van der Waals surface area contributed by atoms with Crippen molar-refractivity contribution in [2.45, 2.75) is 92.5 Å². The van der Waals surface area contributed by atoms with Gasteiger partial charge in [0, 0.05) is 67.3 Å². The average Bonchev–Trinajstić information content (AvgIpc) is 3.67. The number of anilines is 1. The summed E-state index contributed by atoms with van der Waals surface area (Å²) in [6, 6.07) is 3.64. The lowest BCUT2D eigenvalue weighted by Gasteiger charge is -2.38. The number of fused-ring (bicyclic) bond motifs is 2. The first-order chi connectivity index (χ1) is 26.8. The number of imidazole rings is 1. The number of aromatic nitrogens is 2. The molecule has 0 saturated heterocycles. The standard InChI is InChI=1S/C43H51N3O11/c1-19-14-16-46-28(18-19)44-32-29-30-37(50)25(7)40-31(29)41(52)43(9,57-40)55-17-15-27(54-10)22(4)39(56-26(8)47)24(6)36(49)23(5)35(48)20(2)12-11-13-21(3)42(53)45-33(34(32)46)38(30)51/h11-18,20,22-24,27,35-36,39,48-51H,1-10H3,(H,45,53)/b12-11+,17-15+,21-13-/t20-,22-,23+,24-,27-,35-,36+,39+,43+/m0/s1. The number of hydrogen-bond acceptors (Lipinski definition) is 12. The van der Waals surface area contributed by atoms with Crippen LogP contribution in [-0.4, -0.2) is 84.8 Å². The highest BCUT2D eigenvalue weighted by molar-refractivity contribution is 6.28. The van der Waals surface area contributed by atoms with E-state index in [0.717, 1.165) is 5.56 Å². The maximum Gasteiger partial charge on any atom is 0.312 e. The minimum Gasteiger partial charge on any atom is -0.507 e. The van der Waals surface area contributed by atoms with Gasteiger partial charge in [0.05, 0.1) is 35.5 Å². The third kappa shape index (κ3) is 7.10. The Morgan fingerprint density at radius 2 is 1.68 bits per heavy atom. The number of pyridine rings is 1. The van der Waals surface area contributed by atoms with Gasteiger partial charge >= 0.3 is 11.8 Å². The molecule has 5 N–H and O–H groups in total. The molecule has 2 aliphatic heterocycles. The summed E-state index contributed by atoms with van der Waals surface area (Å²) in [6.07, 6.45) is 5.62. The number of Topliss-reactive ketones (excluding diaryl/α,β-unsaturated/α-hetero) is 1. The number of aromatic hydroxyl groups is 2. The number of allylic oxidation sites excluding steroid dienone is 2. The van der Waals surface area contributed by atoms with Crippen molar-refractivity contribution in [3.05, 3.63) is 71.2 Å². The van der Waals surface area contributed by atoms with Gasteiger partial charge in [-0.3, -0.25) is 18.8 Å². The molecule has 9 atom stereocenters. The Bertz CT molecular complexity index is 2380. The smallest absolute Gasteiger partial charge is 0.312 e. The number of ether oxygens (including phenoxy) is 4. The summed E-state index contributed by atoms with van der Waals surface area (Å²) < 4.78 is 25.5. The molecule has 2 aromatic heterocycles. The number of carbonyl (C=O) groups excluding carboxylic acids is 3. The zero-order valence-electron chi connectivity index (χ0n) is 33.8. The van der Waals surface area contributed by atoms with Crippen LogP contribution in [0.3, 0.4) is 0 Å². The second-order valence-electron chi connectivity index (χ2n) is 15.6. The highest BCUT2D eigenvalue weighted by Crippen LogP contribution is 2.54. The number of hydrogen-bond donors (Lipinski definition) is 5. The third-order valence-corrected chi connectivity index (χ3v) is 11.5. The Kier molecular flexibility index (Phi) is 11.2. The van der Waals surface area contributed by atoms with Crippen LogP contribution in [0.2, 0.25) is 0 Å². The predicted octanol–water partition coefficient (Wildman–Crippen LogP) is 6.16. The van der Waals surface area contributed by atoms with Crippen molar-refractivity contribution in [1.82, 2.24) is 9.38 Å². The summed E-state index contributed by atoms with van der Waals surface area (Å²) in [4.78, 5) is 45.6. The van der Waals surface area contributed by atoms with E-state index >= 15 is 0 Å². The summed E-state index contributed by atoms with van der Waals surface area (Å²) in [5.41, 5.74) is 2.18. The molecule has 14 heteroatoms. The van der Waals surface area contributed by atoms with Crippen LogP contribution >= 0.6 is 0 Å². The number of aliphatic hydroxyl groups excluding tert-OH is 2. The number of phenolic OH excluding ortho intramolecular Hbond substituents is 2. The molecule has 0 fully saturated rings. The number of ketones is 1. The molecule has 14 nitrogen and oxygen atoms in total. The number of carbonyl (C=O) groups is 3. The van der Waals surface area contributed by atoms with Gasteiger partial charge in [0.1, 0.15) is 40.0 Å². The molecule has 0 saturated carbocycles. The lowest BCUT2D eigenvalue weighted by molar-refractivity contribution is -0.160. The molecule has 4 heterocycles. The number of methoxy groups -OCH3 is 1. The van der Waals surface area contributed by atoms with E-state index in [1.807, 2.05) is 19.1 Å². The fraction of sp³-hybridized carbons (Fsp3) is 0.442. The Labute approximate surface area is 330 Å². The van der Waals surface area contributed by atoms with E-state index in [-0.39, 0.29) is 55.7 Å². The lowest BCUT2D eigenvalue weighted by Crippen LogP contribution is -2.46. The fourth-order valence-electron chi connectivity index (χ4n) is 8.03. The van der Waals surface area contributed by atoms with Gasteiger partial charge in [-0.1, -0.05) is 45.9 Å². The second-order valence-corrected chi connectivity index (χ2v) is 15.6. The Morgan fingerprint density at radius 3 is 2.35 bits per heavy atom. The van der Waals surface area contributed by atoms with E-state index < -0.39 is 77.3 Å². The zero-order chi connectivity index (χ0) is 41.8. The largest absolute Gasteiger partial charge is 0.507 e. The van der Waals surface area contributed by atoms with E-state index in [2.05, 4.69) is 5.32 Å². The van der Waals surface area contributed by atoms with Gasteiger partial charge in [0.15, 0.2) is 5.75 Å². The summed E-state index contributed by atoms with van der Waals surface area (Å²) in [7, 11) is 1.46. The highest BCUT2D eigenvalue weighted by atomic mass is 16.7. The number of phenols is 2. The molecule has 6 rings (SSSR count). The first-order valence-corrected chi connectivity index (χ1v) is 19.0. The van der Waals surface area contributed by atoms with Crippen molar-refractivity contribution in [2.24, 2.45) is 23.7 Å². The lowest BCUT2D eigenvalue weighted by atomic mass is 9.78. The molecule has 4 bridgehead atoms. The van der Waals surface area contributed by atoms with Crippen molar-refractivity contribution >= 4 is 50.8 Å². The molecule has 2 aromatic carbocycles. The van der Waals surface area contributed by atoms with Crippen molar-refractivity contribution in [3.63, 3.8) is 0 Å². The zero-order valence-corrected chi connectivity index (χ0v) is 33.8. The first kappa shape index (κ1) is 41.2. The van der Waals surface area contributed by atoms with E-state index in [1.165, 1.54) is 40.2 Å². The molecule has 57 heavy (non-hydrogen) atoms. The van der Waals surface area contributed by atoms with Crippen molar-refractivity contribution in [2.75, 3.05) is 12.4 Å². The minimum atomic E-state index is -1.96. The number of benzene rings is 2. The van der Waals surface area contributed by atoms with E-state index in [1.54, 1.807) is 63.4 Å². The topological polar surface area (TPSA) is 198 Å². The Balaban J connectivity index is 1.58. The van der Waals surface area contributed by atoms with Crippen molar-refractivity contribution in [3.8, 4) is 17.2 Å². The number of rotatable bonds is 2. The van der Waals surface area contributed by atoms with Crippen LogP contribution in [-0.2, 0) is 23.8 Å². The summed E-state index contributed by atoms with van der Waals surface area (Å²) in [5, 5.41) is 49.4. The molecule has 0 aliphatic carbocycles. The predicted molar refractivity (Wildman–Crippen MR) is 213 cm³/mol. The highest BCUT2D eigenvalue weighted by Gasteiger charge is 2.50. The first-order valence-electron chi connectivity index (χ1n) is 19.0. The Hall–Kier alpha value is -5.44. The molecule has 1 amide bonds. The number of aliphatic hydroxyl groups is 2. The third-order valence-electron chi connectivity index (χ3n) is 11.5. The average molecular weight is 786 g/mol. The van der Waals surface area contributed by atoms with Crippen LogP contribution in [0.4, 0.5) is 5.69 Å². The number of esters is 1. The van der Waals surface area contributed by atoms with Crippen LogP contribution < -0.4 is 10.1 Å². The van der Waals surface area contributed by atoms with E-state index in [9.17, 15) is 34.8 Å². The summed E-state index contributed by atoms with van der Waals surface area (Å²) >= 11 is 0. The monoisotopic (exact) mass is 785 g/mol. The summed E-state index contributed by atoms with van der Waals surface area (Å²) in [5.74, 6) is -6.96. The molecule has 0 spiro atoms. The number of aryl methyl sites for hydroxylation is 1. The van der Waals surface area contributed by atoms with Gasteiger partial charge in [-0.15, -0.1) is 0 Å². The minimum absolute atomic E-state index is 0.0185. The molecule has 2 aliphatic rings.